The zero-order valence-corrected chi connectivity index (χ0v) is 12.9. The van der Waals surface area contributed by atoms with Crippen LogP contribution in [0.5, 0.6) is 0 Å². The first kappa shape index (κ1) is 15.7. The van der Waals surface area contributed by atoms with E-state index >= 15 is 0 Å². The molecule has 6 heteroatoms. The van der Waals surface area contributed by atoms with E-state index in [1.165, 1.54) is 0 Å². The van der Waals surface area contributed by atoms with Crippen molar-refractivity contribution in [2.45, 2.75) is 48.5 Å². The van der Waals surface area contributed by atoms with Crippen LogP contribution in [-0.4, -0.2) is 34.6 Å². The van der Waals surface area contributed by atoms with Gasteiger partial charge in [-0.05, 0) is 19.8 Å². The molecule has 1 unspecified atom stereocenters. The molecule has 0 spiro atoms. The molecule has 0 aliphatic heterocycles. The number of halogens is 1. The molecular weight excluding hydrogens is 349 g/mol. The molecule has 1 aliphatic carbocycles. The van der Waals surface area contributed by atoms with Gasteiger partial charge in [-0.2, -0.15) is 0 Å². The standard InChI is InChI=1S/C12H20INO4/c1-9(13)10(15)17-7-8-18-11(16)12(14)5-3-2-4-6-12/h9H,2-8,14H2,1H3/p+1. The average molecular weight is 370 g/mol. The maximum atomic E-state index is 11.9. The van der Waals surface area contributed by atoms with Crippen LogP contribution in [0.4, 0.5) is 0 Å². The van der Waals surface area contributed by atoms with E-state index < -0.39 is 5.54 Å². The van der Waals surface area contributed by atoms with Crippen LogP contribution in [0, 0.1) is 0 Å². The highest BCUT2D eigenvalue weighted by Gasteiger charge is 2.41. The summed E-state index contributed by atoms with van der Waals surface area (Å²) in [5, 5.41) is 0. The van der Waals surface area contributed by atoms with Crippen molar-refractivity contribution in [2.75, 3.05) is 13.2 Å². The van der Waals surface area contributed by atoms with Gasteiger partial charge >= 0.3 is 11.9 Å². The van der Waals surface area contributed by atoms with Crippen LogP contribution in [0.3, 0.4) is 0 Å². The minimum Gasteiger partial charge on any atom is -0.461 e. The van der Waals surface area contributed by atoms with Crippen molar-refractivity contribution in [3.8, 4) is 0 Å². The molecule has 1 rings (SSSR count). The van der Waals surface area contributed by atoms with Crippen molar-refractivity contribution in [3.05, 3.63) is 0 Å². The summed E-state index contributed by atoms with van der Waals surface area (Å²) in [5.74, 6) is -0.547. The molecule has 18 heavy (non-hydrogen) atoms. The lowest BCUT2D eigenvalue weighted by Crippen LogP contribution is -2.77. The molecule has 0 heterocycles. The summed E-state index contributed by atoms with van der Waals surface area (Å²) in [4.78, 5) is 23.0. The number of carbonyl (C=O) groups excluding carboxylic acids is 2. The maximum Gasteiger partial charge on any atom is 0.368 e. The monoisotopic (exact) mass is 370 g/mol. The Kier molecular flexibility index (Phi) is 6.34. The van der Waals surface area contributed by atoms with E-state index in [2.05, 4.69) is 5.73 Å². The fourth-order valence-electron chi connectivity index (χ4n) is 1.98. The molecule has 0 bridgehead atoms. The average Bonchev–Trinajstić information content (AvgIpc) is 2.34. The minimum atomic E-state index is -0.585. The topological polar surface area (TPSA) is 80.2 Å². The summed E-state index contributed by atoms with van der Waals surface area (Å²) in [6, 6.07) is 0. The molecule has 0 radical (unpaired) electrons. The molecule has 0 aromatic carbocycles. The van der Waals surface area contributed by atoms with Crippen molar-refractivity contribution in [3.63, 3.8) is 0 Å². The Labute approximate surface area is 121 Å². The van der Waals surface area contributed by atoms with Gasteiger partial charge in [-0.1, -0.05) is 29.0 Å². The fourth-order valence-corrected chi connectivity index (χ4v) is 2.16. The molecular formula is C12H21INO4+. The summed E-state index contributed by atoms with van der Waals surface area (Å²) in [5.41, 5.74) is 3.40. The molecule has 0 saturated heterocycles. The lowest BCUT2D eigenvalue weighted by molar-refractivity contribution is -0.469. The van der Waals surface area contributed by atoms with Crippen LogP contribution in [0.25, 0.3) is 0 Å². The first-order valence-corrected chi connectivity index (χ1v) is 7.53. The second kappa shape index (κ2) is 7.28. The highest BCUT2D eigenvalue weighted by Crippen LogP contribution is 2.25. The third-order valence-electron chi connectivity index (χ3n) is 3.13. The molecule has 0 amide bonds. The Bertz CT molecular complexity index is 300. The predicted octanol–water partition coefficient (Wildman–Crippen LogP) is 0.841. The number of alkyl halides is 1. The van der Waals surface area contributed by atoms with Gasteiger partial charge in [0, 0.05) is 12.8 Å². The van der Waals surface area contributed by atoms with Crippen molar-refractivity contribution in [1.82, 2.24) is 0 Å². The second-order valence-corrected chi connectivity index (χ2v) is 6.63. The molecule has 1 saturated carbocycles. The highest BCUT2D eigenvalue weighted by atomic mass is 127. The number of carbonyl (C=O) groups is 2. The van der Waals surface area contributed by atoms with E-state index in [1.807, 2.05) is 22.6 Å². The first-order chi connectivity index (χ1) is 8.46. The normalized spacial score (nSPS) is 19.9. The van der Waals surface area contributed by atoms with Crippen LogP contribution >= 0.6 is 22.6 Å². The van der Waals surface area contributed by atoms with Gasteiger partial charge in [0.25, 0.3) is 0 Å². The summed E-state index contributed by atoms with van der Waals surface area (Å²) < 4.78 is 9.88. The van der Waals surface area contributed by atoms with Crippen molar-refractivity contribution in [2.24, 2.45) is 0 Å². The van der Waals surface area contributed by atoms with Gasteiger partial charge < -0.3 is 15.2 Å². The smallest absolute Gasteiger partial charge is 0.368 e. The lowest BCUT2D eigenvalue weighted by atomic mass is 9.83. The number of hydrogen-bond acceptors (Lipinski definition) is 4. The van der Waals surface area contributed by atoms with Crippen LogP contribution in [0.2, 0.25) is 0 Å². The summed E-state index contributed by atoms with van der Waals surface area (Å²) in [6.45, 7) is 1.99. The Hall–Kier alpha value is -0.370. The van der Waals surface area contributed by atoms with Crippen LogP contribution in [0.15, 0.2) is 0 Å². The minimum absolute atomic E-state index is 0.116. The van der Waals surface area contributed by atoms with Crippen molar-refractivity contribution in [1.29, 1.82) is 0 Å². The van der Waals surface area contributed by atoms with Gasteiger partial charge in [0.2, 0.25) is 0 Å². The van der Waals surface area contributed by atoms with E-state index in [4.69, 9.17) is 9.47 Å². The molecule has 1 atom stereocenters. The quantitative estimate of drug-likeness (QED) is 0.337. The molecule has 1 aliphatic rings. The van der Waals surface area contributed by atoms with Gasteiger partial charge in [-0.15, -0.1) is 0 Å². The number of hydrogen-bond donors (Lipinski definition) is 1. The van der Waals surface area contributed by atoms with Gasteiger partial charge in [0.1, 0.15) is 17.1 Å². The first-order valence-electron chi connectivity index (χ1n) is 6.29. The largest absolute Gasteiger partial charge is 0.461 e. The Balaban J connectivity index is 2.22. The number of esters is 2. The zero-order chi connectivity index (χ0) is 13.6. The van der Waals surface area contributed by atoms with Crippen LogP contribution in [-0.2, 0) is 19.1 Å². The zero-order valence-electron chi connectivity index (χ0n) is 10.7. The van der Waals surface area contributed by atoms with Crippen molar-refractivity contribution >= 4 is 34.5 Å². The summed E-state index contributed by atoms with van der Waals surface area (Å²) in [7, 11) is 0. The Morgan fingerprint density at radius 2 is 1.78 bits per heavy atom. The van der Waals surface area contributed by atoms with E-state index in [0.717, 1.165) is 32.1 Å². The number of rotatable bonds is 5. The molecule has 0 aromatic rings. The molecule has 104 valence electrons. The van der Waals surface area contributed by atoms with E-state index in [0.29, 0.717) is 0 Å². The van der Waals surface area contributed by atoms with Crippen LogP contribution < -0.4 is 5.73 Å². The molecule has 0 aromatic heterocycles. The van der Waals surface area contributed by atoms with Crippen LogP contribution in [0.1, 0.15) is 39.0 Å². The second-order valence-electron chi connectivity index (χ2n) is 4.76. The SMILES string of the molecule is CC(I)C(=O)OCCOC(=O)C1([NH3+])CCCCC1. The Morgan fingerprint density at radius 3 is 2.33 bits per heavy atom. The predicted molar refractivity (Wildman–Crippen MR) is 74.1 cm³/mol. The Morgan fingerprint density at radius 1 is 1.22 bits per heavy atom. The summed E-state index contributed by atoms with van der Waals surface area (Å²) in [6.07, 6.45) is 4.79. The third-order valence-corrected chi connectivity index (χ3v) is 3.64. The molecule has 3 N–H and O–H groups in total. The van der Waals surface area contributed by atoms with E-state index in [1.54, 1.807) is 6.92 Å². The summed E-state index contributed by atoms with van der Waals surface area (Å²) >= 11 is 1.98. The lowest BCUT2D eigenvalue weighted by Gasteiger charge is -2.27. The maximum absolute atomic E-state index is 11.9. The van der Waals surface area contributed by atoms with Gasteiger partial charge in [-0.25, -0.2) is 4.79 Å². The highest BCUT2D eigenvalue weighted by molar-refractivity contribution is 14.1. The third kappa shape index (κ3) is 4.72. The molecule has 1 fully saturated rings. The van der Waals surface area contributed by atoms with Gasteiger partial charge in [-0.3, -0.25) is 4.79 Å². The number of ether oxygens (including phenoxy) is 2. The number of quaternary nitrogens is 1. The van der Waals surface area contributed by atoms with E-state index in [9.17, 15) is 9.59 Å². The van der Waals surface area contributed by atoms with Gasteiger partial charge in [0.05, 0.1) is 0 Å². The van der Waals surface area contributed by atoms with E-state index in [-0.39, 0.29) is 29.1 Å². The fraction of sp³-hybridized carbons (Fsp3) is 0.833. The van der Waals surface area contributed by atoms with Crippen molar-refractivity contribution < 1.29 is 24.8 Å². The molecule has 5 nitrogen and oxygen atoms in total. The van der Waals surface area contributed by atoms with Gasteiger partial charge in [0.15, 0.2) is 5.54 Å².